The van der Waals surface area contributed by atoms with Crippen LogP contribution in [0.1, 0.15) is 5.56 Å². The zero-order valence-electron chi connectivity index (χ0n) is 10.6. The lowest BCUT2D eigenvalue weighted by molar-refractivity contribution is 1.13. The summed E-state index contributed by atoms with van der Waals surface area (Å²) in [5.74, 6) is 0. The van der Waals surface area contributed by atoms with E-state index in [0.717, 1.165) is 31.2 Å². The van der Waals surface area contributed by atoms with Crippen LogP contribution in [0.2, 0.25) is 5.02 Å². The molecular weight excluding hydrogens is 421 g/mol. The smallest absolute Gasteiger partial charge is 0.323 e. The van der Waals surface area contributed by atoms with Crippen molar-refractivity contribution in [1.82, 2.24) is 9.97 Å². The normalized spacial score (nSPS) is 11.0. The van der Waals surface area contributed by atoms with Crippen LogP contribution in [0.3, 0.4) is 0 Å². The SMILES string of the molecule is O=c1[nH]c2cc(Br)c(NCc3cc(Cl)ccc3Br)cc2[nH]1. The predicted octanol–water partition coefficient (Wildman–Crippen LogP) is 4.65. The minimum absolute atomic E-state index is 0.216. The number of fused-ring (bicyclic) bond motifs is 1. The van der Waals surface area contributed by atoms with Gasteiger partial charge in [0, 0.05) is 20.5 Å². The number of hydrogen-bond acceptors (Lipinski definition) is 2. The molecule has 7 heteroatoms. The van der Waals surface area contributed by atoms with Gasteiger partial charge in [-0.2, -0.15) is 0 Å². The molecule has 21 heavy (non-hydrogen) atoms. The number of rotatable bonds is 3. The van der Waals surface area contributed by atoms with Gasteiger partial charge in [0.2, 0.25) is 0 Å². The number of aromatic amines is 2. The zero-order valence-corrected chi connectivity index (χ0v) is 14.6. The minimum atomic E-state index is -0.216. The van der Waals surface area contributed by atoms with Crippen LogP contribution >= 0.6 is 43.5 Å². The van der Waals surface area contributed by atoms with Gasteiger partial charge in [-0.1, -0.05) is 27.5 Å². The number of aromatic nitrogens is 2. The second-order valence-electron chi connectivity index (χ2n) is 4.55. The highest BCUT2D eigenvalue weighted by molar-refractivity contribution is 9.11. The van der Waals surface area contributed by atoms with Gasteiger partial charge >= 0.3 is 5.69 Å². The standard InChI is InChI=1S/C14H10Br2ClN3O/c15-9-2-1-8(17)3-7(9)6-18-11-5-13-12(4-10(11)16)19-14(21)20-13/h1-5,18H,6H2,(H2,19,20,21). The van der Waals surface area contributed by atoms with E-state index in [9.17, 15) is 4.79 Å². The Bertz CT molecular complexity index is 872. The summed E-state index contributed by atoms with van der Waals surface area (Å²) >= 11 is 13.0. The Kier molecular flexibility index (Phi) is 4.10. The molecule has 1 heterocycles. The minimum Gasteiger partial charge on any atom is -0.380 e. The van der Waals surface area contributed by atoms with Crippen LogP contribution in [-0.4, -0.2) is 9.97 Å². The van der Waals surface area contributed by atoms with Crippen molar-refractivity contribution in [3.05, 3.63) is 60.3 Å². The molecule has 0 spiro atoms. The van der Waals surface area contributed by atoms with Crippen molar-refractivity contribution in [1.29, 1.82) is 0 Å². The molecule has 3 N–H and O–H groups in total. The van der Waals surface area contributed by atoms with Gasteiger partial charge in [-0.3, -0.25) is 0 Å². The van der Waals surface area contributed by atoms with Crippen LogP contribution in [0, 0.1) is 0 Å². The third-order valence-corrected chi connectivity index (χ3v) is 4.75. The molecule has 108 valence electrons. The first-order chi connectivity index (χ1) is 10.0. The predicted molar refractivity (Wildman–Crippen MR) is 93.1 cm³/mol. The zero-order chi connectivity index (χ0) is 15.0. The summed E-state index contributed by atoms with van der Waals surface area (Å²) in [6.07, 6.45) is 0. The van der Waals surface area contributed by atoms with E-state index in [1.54, 1.807) is 0 Å². The molecule has 0 saturated carbocycles. The van der Waals surface area contributed by atoms with Crippen molar-refractivity contribution in [2.45, 2.75) is 6.54 Å². The van der Waals surface area contributed by atoms with Crippen LogP contribution in [0.5, 0.6) is 0 Å². The third-order valence-electron chi connectivity index (χ3n) is 3.08. The van der Waals surface area contributed by atoms with E-state index >= 15 is 0 Å². The second kappa shape index (κ2) is 5.87. The van der Waals surface area contributed by atoms with Gasteiger partial charge in [-0.25, -0.2) is 4.79 Å². The van der Waals surface area contributed by atoms with Crippen molar-refractivity contribution in [3.8, 4) is 0 Å². The number of hydrogen-bond donors (Lipinski definition) is 3. The molecule has 0 unspecified atom stereocenters. The lowest BCUT2D eigenvalue weighted by Gasteiger charge is -2.10. The molecule has 0 aliphatic rings. The van der Waals surface area contributed by atoms with Gasteiger partial charge in [0.1, 0.15) is 0 Å². The molecule has 3 rings (SSSR count). The Morgan fingerprint density at radius 3 is 2.52 bits per heavy atom. The van der Waals surface area contributed by atoms with Crippen LogP contribution < -0.4 is 11.0 Å². The Hall–Kier alpha value is -1.24. The average Bonchev–Trinajstić information content (AvgIpc) is 2.78. The van der Waals surface area contributed by atoms with E-state index in [4.69, 9.17) is 11.6 Å². The van der Waals surface area contributed by atoms with Crippen LogP contribution in [0.15, 0.2) is 44.1 Å². The maximum absolute atomic E-state index is 11.3. The van der Waals surface area contributed by atoms with E-state index in [-0.39, 0.29) is 5.69 Å². The number of halogens is 3. The van der Waals surface area contributed by atoms with Gasteiger partial charge < -0.3 is 15.3 Å². The molecule has 0 amide bonds. The fourth-order valence-corrected chi connectivity index (χ4v) is 3.13. The molecule has 4 nitrogen and oxygen atoms in total. The number of H-pyrrole nitrogens is 2. The van der Waals surface area contributed by atoms with Gasteiger partial charge in [-0.15, -0.1) is 0 Å². The van der Waals surface area contributed by atoms with Crippen molar-refractivity contribution in [3.63, 3.8) is 0 Å². The molecular formula is C14H10Br2ClN3O. The second-order valence-corrected chi connectivity index (χ2v) is 6.69. The summed E-state index contributed by atoms with van der Waals surface area (Å²) in [7, 11) is 0. The maximum atomic E-state index is 11.3. The number of imidazole rings is 1. The average molecular weight is 432 g/mol. The lowest BCUT2D eigenvalue weighted by Crippen LogP contribution is -2.01. The summed E-state index contributed by atoms with van der Waals surface area (Å²) in [6, 6.07) is 9.41. The van der Waals surface area contributed by atoms with Gasteiger partial charge in [-0.05, 0) is 51.8 Å². The molecule has 0 atom stereocenters. The Labute approximate surface area is 142 Å². The van der Waals surface area contributed by atoms with Gasteiger partial charge in [0.05, 0.1) is 16.7 Å². The van der Waals surface area contributed by atoms with Crippen molar-refractivity contribution >= 4 is 60.2 Å². The molecule has 0 aliphatic heterocycles. The molecule has 0 bridgehead atoms. The molecule has 0 aliphatic carbocycles. The molecule has 1 aromatic heterocycles. The van der Waals surface area contributed by atoms with E-state index in [1.165, 1.54) is 0 Å². The van der Waals surface area contributed by atoms with Crippen LogP contribution in [-0.2, 0) is 6.54 Å². The molecule has 0 saturated heterocycles. The van der Waals surface area contributed by atoms with Crippen LogP contribution in [0.25, 0.3) is 11.0 Å². The summed E-state index contributed by atoms with van der Waals surface area (Å²) in [5, 5.41) is 4.02. The number of benzene rings is 2. The maximum Gasteiger partial charge on any atom is 0.323 e. The van der Waals surface area contributed by atoms with E-state index < -0.39 is 0 Å². The molecule has 0 radical (unpaired) electrons. The van der Waals surface area contributed by atoms with E-state index in [1.807, 2.05) is 30.3 Å². The highest BCUT2D eigenvalue weighted by Gasteiger charge is 2.07. The first kappa shape index (κ1) is 14.7. The Morgan fingerprint density at radius 2 is 1.76 bits per heavy atom. The summed E-state index contributed by atoms with van der Waals surface area (Å²) in [6.45, 7) is 0.611. The van der Waals surface area contributed by atoms with Gasteiger partial charge in [0.15, 0.2) is 0 Å². The molecule has 3 aromatic rings. The van der Waals surface area contributed by atoms with Crippen molar-refractivity contribution < 1.29 is 0 Å². The third kappa shape index (κ3) is 3.17. The summed E-state index contributed by atoms with van der Waals surface area (Å²) in [5.41, 5.74) is 3.26. The Morgan fingerprint density at radius 1 is 1.05 bits per heavy atom. The van der Waals surface area contributed by atoms with E-state index in [0.29, 0.717) is 11.6 Å². The number of nitrogens with one attached hydrogen (secondary N) is 3. The highest BCUT2D eigenvalue weighted by Crippen LogP contribution is 2.28. The first-order valence-electron chi connectivity index (χ1n) is 6.12. The van der Waals surface area contributed by atoms with E-state index in [2.05, 4.69) is 47.1 Å². The Balaban J connectivity index is 1.89. The molecule has 2 aromatic carbocycles. The first-order valence-corrected chi connectivity index (χ1v) is 8.08. The van der Waals surface area contributed by atoms with Crippen molar-refractivity contribution in [2.24, 2.45) is 0 Å². The van der Waals surface area contributed by atoms with Gasteiger partial charge in [0.25, 0.3) is 0 Å². The summed E-state index contributed by atoms with van der Waals surface area (Å²) < 4.78 is 1.87. The number of anilines is 1. The summed E-state index contributed by atoms with van der Waals surface area (Å²) in [4.78, 5) is 16.8. The van der Waals surface area contributed by atoms with Crippen LogP contribution in [0.4, 0.5) is 5.69 Å². The monoisotopic (exact) mass is 429 g/mol. The largest absolute Gasteiger partial charge is 0.380 e. The fourth-order valence-electron chi connectivity index (χ4n) is 2.06. The lowest BCUT2D eigenvalue weighted by atomic mass is 10.2. The quantitative estimate of drug-likeness (QED) is 0.566. The topological polar surface area (TPSA) is 60.7 Å². The highest BCUT2D eigenvalue weighted by atomic mass is 79.9. The van der Waals surface area contributed by atoms with Crippen molar-refractivity contribution in [2.75, 3.05) is 5.32 Å². The molecule has 0 fully saturated rings. The fraction of sp³-hybridized carbons (Fsp3) is 0.0714.